The minimum absolute atomic E-state index is 0.0292. The van der Waals surface area contributed by atoms with Gasteiger partial charge < -0.3 is 47.9 Å². The van der Waals surface area contributed by atoms with Crippen molar-refractivity contribution < 1.29 is 86.2 Å². The Balaban J connectivity index is 0.000000203. The van der Waals surface area contributed by atoms with Crippen molar-refractivity contribution in [3.63, 3.8) is 0 Å². The average molecular weight is 1970 g/mol. The number of esters is 4. The molecule has 1 heterocycles. The lowest BCUT2D eigenvalue weighted by molar-refractivity contribution is -0.138. The number of hydrogen-bond donors (Lipinski definition) is 1. The molecule has 1 aliphatic heterocycles. The van der Waals surface area contributed by atoms with E-state index in [4.69, 9.17) is 37.9 Å². The normalized spacial score (nSPS) is 13.0. The number of rotatable bonds is 52. The molecule has 0 radical (unpaired) electrons. The molecule has 1 aliphatic carbocycles. The third-order valence-corrected chi connectivity index (χ3v) is 24.7. The second-order valence-electron chi connectivity index (χ2n) is 36.5. The monoisotopic (exact) mass is 1970 g/mol. The standard InChI is InChI=1S/C39H44O8.C33H32O8.C26H29N5.C25H32O2/c1-4-33(40)14-10-6-7-11-25-45-35-22-17-31(18-23-35)39(43)47-36-24-19-32(28-29(36)3)38(42)30-15-20-34(21-16-30)44-26-12-8-9-13-27-46-37(41)5-2;1-4-27(34)8-6-19-38-29-16-11-25(12-17-29)33(37)41-30-18-13-26(22-23(30)3)32(36)24-9-14-28(15-10-24)39-20-7-21-40-31(35)5-2;1-2-3-6-21-7-9-22(10-8-21)27-28-23-11-13-24(14-12-23)29-30-25-15-17-26(18-16-25)31-19-4-5-20-31;1-4-5-18-6-8-19(9-7-18)20-10-12-21(13-11-20)22-14-16-23(17-15-22)24(26)25(2,3)27/h4-5,15-24,28H,1-2,6-14,25-27H2,3H3;4-5,9-18,22H,1-2,6-8,19-21H2,3H3;7-18H,2-6,19-20H2,1H3;10-19,27H,4-9H2,1-3H3. The lowest BCUT2D eigenvalue weighted by Crippen LogP contribution is -2.30. The fourth-order valence-corrected chi connectivity index (χ4v) is 16.2. The fraction of sp³-hybridized carbons (Fsp3) is 0.325. The van der Waals surface area contributed by atoms with Gasteiger partial charge in [0.25, 0.3) is 0 Å². The summed E-state index contributed by atoms with van der Waals surface area (Å²) in [6.45, 7) is 29.5. The highest BCUT2D eigenvalue weighted by Crippen LogP contribution is 2.39. The van der Waals surface area contributed by atoms with Gasteiger partial charge in [-0.15, -0.1) is 0 Å². The zero-order valence-corrected chi connectivity index (χ0v) is 85.1. The van der Waals surface area contributed by atoms with E-state index in [2.05, 4.69) is 114 Å². The molecule has 0 unspecified atom stereocenters. The van der Waals surface area contributed by atoms with Gasteiger partial charge in [0.05, 0.1) is 73.5 Å². The molecule has 2 fully saturated rings. The Hall–Kier alpha value is -15.2. The smallest absolute Gasteiger partial charge is 0.343 e. The molecule has 13 rings (SSSR count). The van der Waals surface area contributed by atoms with Crippen LogP contribution >= 0.6 is 0 Å². The average Bonchev–Trinajstić information content (AvgIpc) is 0.920. The van der Waals surface area contributed by atoms with Crippen molar-refractivity contribution in [2.45, 2.75) is 201 Å². The zero-order valence-electron chi connectivity index (χ0n) is 85.1. The molecule has 1 saturated carbocycles. The highest BCUT2D eigenvalue weighted by molar-refractivity contribution is 6.10. The van der Waals surface area contributed by atoms with Gasteiger partial charge in [-0.05, 0) is 375 Å². The topological polar surface area (TPSA) is 300 Å². The summed E-state index contributed by atoms with van der Waals surface area (Å²) in [6, 6.07) is 77.6. The first kappa shape index (κ1) is 113. The van der Waals surface area contributed by atoms with Crippen LogP contribution in [0, 0.1) is 19.8 Å². The molecule has 23 nitrogen and oxygen atoms in total. The summed E-state index contributed by atoms with van der Waals surface area (Å²) in [4.78, 5) is 111. The number of allylic oxidation sites excluding steroid dienone is 2. The van der Waals surface area contributed by atoms with Crippen LogP contribution in [-0.2, 0) is 35.1 Å². The highest BCUT2D eigenvalue weighted by Gasteiger charge is 2.27. The van der Waals surface area contributed by atoms with Crippen LogP contribution in [0.4, 0.5) is 28.4 Å². The lowest BCUT2D eigenvalue weighted by Gasteiger charge is -2.28. The van der Waals surface area contributed by atoms with Gasteiger partial charge in [0.15, 0.2) is 28.9 Å². The molecule has 0 atom stereocenters. The number of benzene rings is 11. The third kappa shape index (κ3) is 38.8. The van der Waals surface area contributed by atoms with Gasteiger partial charge in [-0.1, -0.05) is 133 Å². The number of hydrogen-bond acceptors (Lipinski definition) is 23. The molecule has 146 heavy (non-hydrogen) atoms. The molecule has 1 saturated heterocycles. The summed E-state index contributed by atoms with van der Waals surface area (Å²) >= 11 is 0. The molecule has 11 aromatic rings. The van der Waals surface area contributed by atoms with Crippen LogP contribution in [0.3, 0.4) is 0 Å². The second-order valence-corrected chi connectivity index (χ2v) is 36.5. The quantitative estimate of drug-likeness (QED) is 0.00925. The van der Waals surface area contributed by atoms with Crippen molar-refractivity contribution in [3.8, 4) is 45.6 Å². The van der Waals surface area contributed by atoms with Crippen LogP contribution in [0.5, 0.6) is 34.5 Å². The number of aryl methyl sites for hydroxylation is 3. The maximum absolute atomic E-state index is 13.1. The van der Waals surface area contributed by atoms with E-state index >= 15 is 0 Å². The first-order valence-electron chi connectivity index (χ1n) is 50.7. The largest absolute Gasteiger partial charge is 0.494 e. The molecule has 11 aromatic carbocycles. The number of ether oxygens (including phenoxy) is 8. The van der Waals surface area contributed by atoms with Crippen molar-refractivity contribution in [2.75, 3.05) is 57.6 Å². The summed E-state index contributed by atoms with van der Waals surface area (Å²) in [7, 11) is 0. The molecule has 1 N–H and O–H groups in total. The molecule has 23 heteroatoms. The van der Waals surface area contributed by atoms with Gasteiger partial charge in [0, 0.05) is 78.0 Å². The Morgan fingerprint density at radius 1 is 0.377 bits per heavy atom. The first-order valence-corrected chi connectivity index (χ1v) is 50.7. The van der Waals surface area contributed by atoms with Crippen LogP contribution in [0.1, 0.15) is 260 Å². The fourth-order valence-electron chi connectivity index (χ4n) is 16.2. The minimum Gasteiger partial charge on any atom is -0.494 e. The first-order chi connectivity index (χ1) is 70.8. The number of Topliss-reactive ketones (excluding diaryl/α,β-unsaturated/α-hetero) is 1. The van der Waals surface area contributed by atoms with Crippen LogP contribution in [0.2, 0.25) is 0 Å². The number of unbranched alkanes of at least 4 members (excludes halogenated alkanes) is 7. The summed E-state index contributed by atoms with van der Waals surface area (Å²) < 4.78 is 43.8. The Kier molecular flexibility index (Phi) is 47.1. The van der Waals surface area contributed by atoms with Crippen molar-refractivity contribution in [1.82, 2.24) is 0 Å². The van der Waals surface area contributed by atoms with E-state index in [1.165, 1.54) is 113 Å². The van der Waals surface area contributed by atoms with E-state index in [0.29, 0.717) is 149 Å². The van der Waals surface area contributed by atoms with Crippen LogP contribution in [0.25, 0.3) is 11.1 Å². The van der Waals surface area contributed by atoms with E-state index < -0.39 is 29.5 Å². The zero-order chi connectivity index (χ0) is 104. The molecule has 0 amide bonds. The highest BCUT2D eigenvalue weighted by atomic mass is 16.5. The molecule has 2 aliphatic rings. The SMILES string of the molecule is C=CC(=O)CCCCCCOc1ccc(C(=O)Oc2ccc(C(=O)c3ccc(OCCCCCCOC(=O)C=C)cc3)cc2C)cc1.C=CC(=O)CCCOc1ccc(C(=O)Oc2ccc(C(=O)c3ccc(OCCCOC(=O)C=C)cc3)cc2C)cc1.CCCC1CCC(c2ccc(-c3ccc(C(=O)C(C)(C)O)cc3)cc2)CC1.CCCCc1ccc(N=Nc2ccc(N=Nc3ccc(N4CCCC4)cc3)cc2)cc1. The van der Waals surface area contributed by atoms with Gasteiger partial charge in [0.2, 0.25) is 0 Å². The van der Waals surface area contributed by atoms with Gasteiger partial charge in [-0.2, -0.15) is 20.5 Å². The summed E-state index contributed by atoms with van der Waals surface area (Å²) in [5.41, 5.74) is 12.8. The van der Waals surface area contributed by atoms with Gasteiger partial charge in [-0.25, -0.2) is 19.2 Å². The summed E-state index contributed by atoms with van der Waals surface area (Å²) in [6.07, 6.45) is 28.4. The summed E-state index contributed by atoms with van der Waals surface area (Å²) in [5, 5.41) is 27.2. The van der Waals surface area contributed by atoms with Crippen LogP contribution < -0.4 is 33.3 Å². The minimum atomic E-state index is -1.33. The lowest BCUT2D eigenvalue weighted by atomic mass is 9.77. The molecule has 762 valence electrons. The second kappa shape index (κ2) is 61.0. The van der Waals surface area contributed by atoms with Crippen molar-refractivity contribution >= 4 is 81.2 Å². The van der Waals surface area contributed by atoms with Crippen molar-refractivity contribution in [1.29, 1.82) is 0 Å². The summed E-state index contributed by atoms with van der Waals surface area (Å²) in [5.74, 6) is 2.46. The van der Waals surface area contributed by atoms with E-state index in [9.17, 15) is 48.3 Å². The Bertz CT molecular complexity index is 6120. The van der Waals surface area contributed by atoms with E-state index in [0.717, 1.165) is 117 Å². The predicted molar refractivity (Wildman–Crippen MR) is 575 cm³/mol. The van der Waals surface area contributed by atoms with Crippen LogP contribution in [0.15, 0.2) is 326 Å². The van der Waals surface area contributed by atoms with Gasteiger partial charge in [-0.3, -0.25) is 24.0 Å². The van der Waals surface area contributed by atoms with E-state index in [-0.39, 0.29) is 35.5 Å². The predicted octanol–water partition coefficient (Wildman–Crippen LogP) is 28.9. The molecular formula is C123H137N5O18. The third-order valence-electron chi connectivity index (χ3n) is 24.7. The number of aliphatic hydroxyl groups is 1. The number of carbonyl (C=O) groups excluding carboxylic acids is 9. The number of ketones is 5. The van der Waals surface area contributed by atoms with E-state index in [1.807, 2.05) is 60.7 Å². The number of carbonyl (C=O) groups is 9. The Morgan fingerprint density at radius 2 is 0.740 bits per heavy atom. The Labute approximate surface area is 859 Å². The van der Waals surface area contributed by atoms with Gasteiger partial charge in [0.1, 0.15) is 40.1 Å². The van der Waals surface area contributed by atoms with E-state index in [1.54, 1.807) is 159 Å². The molecular weight excluding hydrogens is 1840 g/mol. The number of nitrogens with zero attached hydrogens (tertiary/aromatic N) is 5. The van der Waals surface area contributed by atoms with Crippen molar-refractivity contribution in [2.24, 2.45) is 26.4 Å². The maximum Gasteiger partial charge on any atom is 0.343 e. The molecule has 0 bridgehead atoms. The Morgan fingerprint density at radius 3 is 1.14 bits per heavy atom. The molecule has 0 aromatic heterocycles. The maximum atomic E-state index is 13.1. The number of azo groups is 2. The molecule has 0 spiro atoms. The van der Waals surface area contributed by atoms with Crippen molar-refractivity contribution in [3.05, 3.63) is 367 Å². The van der Waals surface area contributed by atoms with Crippen LogP contribution in [-0.4, -0.2) is 116 Å². The van der Waals surface area contributed by atoms with Gasteiger partial charge >= 0.3 is 23.9 Å². The number of anilines is 1.